The van der Waals surface area contributed by atoms with Crippen molar-refractivity contribution in [3.05, 3.63) is 52.8 Å². The molecule has 5 nitrogen and oxygen atoms in total. The number of rotatable bonds is 7. The maximum atomic E-state index is 12.5. The maximum absolute atomic E-state index is 12.5. The number of hydrogen-bond donors (Lipinski definition) is 1. The van der Waals surface area contributed by atoms with E-state index in [-0.39, 0.29) is 11.9 Å². The molecule has 1 heterocycles. The third kappa shape index (κ3) is 5.08. The largest absolute Gasteiger partial charge is 0.354 e. The van der Waals surface area contributed by atoms with Crippen molar-refractivity contribution < 1.29 is 4.79 Å². The first-order chi connectivity index (χ1) is 11.0. The van der Waals surface area contributed by atoms with Crippen molar-refractivity contribution in [3.8, 4) is 0 Å². The number of likely N-dealkylation sites (N-methyl/N-ethyl adjacent to an activating group) is 1. The molecule has 1 amide bonds. The number of halogens is 1. The van der Waals surface area contributed by atoms with Crippen LogP contribution >= 0.6 is 11.6 Å². The third-order valence-corrected chi connectivity index (χ3v) is 3.78. The van der Waals surface area contributed by atoms with Gasteiger partial charge in [-0.15, -0.1) is 0 Å². The standard InChI is InChI=1S/C17H23ClN4O/c1-13-6-4-7-14(10-13)16(21(2)3)17(23)19-8-5-9-22-12-15(18)11-20-22/h4,6-7,10-12,16H,5,8-9H2,1-3H3,(H,19,23). The minimum atomic E-state index is -0.283. The number of aromatic nitrogens is 2. The average Bonchev–Trinajstić information content (AvgIpc) is 2.89. The Kier molecular flexibility index (Phi) is 6.19. The molecule has 1 aromatic carbocycles. The highest BCUT2D eigenvalue weighted by Crippen LogP contribution is 2.19. The van der Waals surface area contributed by atoms with Gasteiger partial charge in [-0.05, 0) is 33.0 Å². The monoisotopic (exact) mass is 334 g/mol. The van der Waals surface area contributed by atoms with Crippen molar-refractivity contribution in [2.24, 2.45) is 0 Å². The molecule has 0 fully saturated rings. The van der Waals surface area contributed by atoms with Crippen LogP contribution in [0, 0.1) is 6.92 Å². The molecule has 0 aliphatic rings. The molecule has 1 N–H and O–H groups in total. The summed E-state index contributed by atoms with van der Waals surface area (Å²) in [6, 6.07) is 7.77. The molecule has 0 aliphatic heterocycles. The molecular formula is C17H23ClN4O. The molecule has 2 aromatic rings. The number of aryl methyl sites for hydroxylation is 2. The Morgan fingerprint density at radius 3 is 2.83 bits per heavy atom. The van der Waals surface area contributed by atoms with Crippen LogP contribution in [0.25, 0.3) is 0 Å². The van der Waals surface area contributed by atoms with Gasteiger partial charge >= 0.3 is 0 Å². The molecule has 1 unspecified atom stereocenters. The summed E-state index contributed by atoms with van der Waals surface area (Å²) in [5.74, 6) is 0.0131. The normalized spacial score (nSPS) is 12.4. The first kappa shape index (κ1) is 17.5. The summed E-state index contributed by atoms with van der Waals surface area (Å²) in [5.41, 5.74) is 2.16. The Bertz CT molecular complexity index is 654. The lowest BCUT2D eigenvalue weighted by atomic mass is 10.0. The van der Waals surface area contributed by atoms with E-state index in [1.54, 1.807) is 17.1 Å². The predicted molar refractivity (Wildman–Crippen MR) is 92.5 cm³/mol. The molecule has 124 valence electrons. The summed E-state index contributed by atoms with van der Waals surface area (Å²) >= 11 is 5.82. The molecule has 2 rings (SSSR count). The molecule has 0 aliphatic carbocycles. The van der Waals surface area contributed by atoms with Crippen LogP contribution in [0.4, 0.5) is 0 Å². The first-order valence-corrected chi connectivity index (χ1v) is 8.04. The Labute approximate surface area is 142 Å². The SMILES string of the molecule is Cc1cccc(C(C(=O)NCCCn2cc(Cl)cn2)N(C)C)c1. The van der Waals surface area contributed by atoms with Gasteiger partial charge in [0.2, 0.25) is 5.91 Å². The fraction of sp³-hybridized carbons (Fsp3) is 0.412. The van der Waals surface area contributed by atoms with Crippen molar-refractivity contribution >= 4 is 17.5 Å². The highest BCUT2D eigenvalue weighted by molar-refractivity contribution is 6.30. The summed E-state index contributed by atoms with van der Waals surface area (Å²) in [4.78, 5) is 14.4. The van der Waals surface area contributed by atoms with E-state index in [0.29, 0.717) is 11.6 Å². The summed E-state index contributed by atoms with van der Waals surface area (Å²) in [7, 11) is 3.83. The van der Waals surface area contributed by atoms with Crippen LogP contribution in [-0.2, 0) is 11.3 Å². The second-order valence-electron chi connectivity index (χ2n) is 5.85. The lowest BCUT2D eigenvalue weighted by Crippen LogP contribution is -2.37. The van der Waals surface area contributed by atoms with Crippen molar-refractivity contribution in [2.45, 2.75) is 25.9 Å². The van der Waals surface area contributed by atoms with E-state index in [0.717, 1.165) is 24.1 Å². The van der Waals surface area contributed by atoms with Crippen LogP contribution < -0.4 is 5.32 Å². The van der Waals surface area contributed by atoms with Crippen LogP contribution in [0.3, 0.4) is 0 Å². The maximum Gasteiger partial charge on any atom is 0.241 e. The minimum Gasteiger partial charge on any atom is -0.354 e. The van der Waals surface area contributed by atoms with Gasteiger partial charge in [0.15, 0.2) is 0 Å². The Hall–Kier alpha value is -1.85. The second kappa shape index (κ2) is 8.13. The molecule has 1 aromatic heterocycles. The molecule has 0 radical (unpaired) electrons. The van der Waals surface area contributed by atoms with Gasteiger partial charge in [-0.2, -0.15) is 5.10 Å². The van der Waals surface area contributed by atoms with E-state index in [1.807, 2.05) is 44.1 Å². The predicted octanol–water partition coefficient (Wildman–Crippen LogP) is 2.65. The van der Waals surface area contributed by atoms with E-state index in [4.69, 9.17) is 11.6 Å². The highest BCUT2D eigenvalue weighted by atomic mass is 35.5. The molecule has 0 saturated heterocycles. The van der Waals surface area contributed by atoms with Gasteiger partial charge < -0.3 is 5.32 Å². The fourth-order valence-electron chi connectivity index (χ4n) is 2.53. The quantitative estimate of drug-likeness (QED) is 0.792. The van der Waals surface area contributed by atoms with Gasteiger partial charge in [-0.25, -0.2) is 0 Å². The van der Waals surface area contributed by atoms with Crippen LogP contribution in [0.5, 0.6) is 0 Å². The third-order valence-electron chi connectivity index (χ3n) is 3.59. The van der Waals surface area contributed by atoms with Crippen LogP contribution in [0.2, 0.25) is 5.02 Å². The van der Waals surface area contributed by atoms with Crippen molar-refractivity contribution in [1.29, 1.82) is 0 Å². The van der Waals surface area contributed by atoms with Gasteiger partial charge in [0.05, 0.1) is 11.2 Å². The molecule has 0 bridgehead atoms. The Balaban J connectivity index is 1.88. The summed E-state index contributed by atoms with van der Waals surface area (Å²) in [6.07, 6.45) is 4.19. The van der Waals surface area contributed by atoms with E-state index in [9.17, 15) is 4.79 Å². The number of hydrogen-bond acceptors (Lipinski definition) is 3. The summed E-state index contributed by atoms with van der Waals surface area (Å²) < 4.78 is 1.78. The molecule has 0 saturated carbocycles. The molecule has 23 heavy (non-hydrogen) atoms. The van der Waals surface area contributed by atoms with E-state index in [1.165, 1.54) is 0 Å². The zero-order valence-electron chi connectivity index (χ0n) is 13.8. The van der Waals surface area contributed by atoms with Gasteiger partial charge in [-0.1, -0.05) is 41.4 Å². The van der Waals surface area contributed by atoms with Gasteiger partial charge in [-0.3, -0.25) is 14.4 Å². The average molecular weight is 335 g/mol. The minimum absolute atomic E-state index is 0.0131. The van der Waals surface area contributed by atoms with Gasteiger partial charge in [0.1, 0.15) is 6.04 Å². The smallest absolute Gasteiger partial charge is 0.241 e. The molecule has 1 atom stereocenters. The van der Waals surface area contributed by atoms with Crippen LogP contribution in [0.1, 0.15) is 23.6 Å². The van der Waals surface area contributed by atoms with E-state index < -0.39 is 0 Å². The van der Waals surface area contributed by atoms with E-state index >= 15 is 0 Å². The number of nitrogens with one attached hydrogen (secondary N) is 1. The first-order valence-electron chi connectivity index (χ1n) is 7.66. The highest BCUT2D eigenvalue weighted by Gasteiger charge is 2.22. The van der Waals surface area contributed by atoms with Gasteiger partial charge in [0.25, 0.3) is 0 Å². The lowest BCUT2D eigenvalue weighted by molar-refractivity contribution is -0.125. The zero-order valence-corrected chi connectivity index (χ0v) is 14.5. The number of carbonyl (C=O) groups excluding carboxylic acids is 1. The van der Waals surface area contributed by atoms with E-state index in [2.05, 4.69) is 16.5 Å². The topological polar surface area (TPSA) is 50.2 Å². The summed E-state index contributed by atoms with van der Waals surface area (Å²) in [5, 5.41) is 7.75. The Morgan fingerprint density at radius 1 is 1.43 bits per heavy atom. The molecule has 6 heteroatoms. The Morgan fingerprint density at radius 2 is 2.22 bits per heavy atom. The molecular weight excluding hydrogens is 312 g/mol. The van der Waals surface area contributed by atoms with Crippen LogP contribution in [0.15, 0.2) is 36.7 Å². The number of amides is 1. The van der Waals surface area contributed by atoms with Crippen LogP contribution in [-0.4, -0.2) is 41.2 Å². The molecule has 0 spiro atoms. The zero-order chi connectivity index (χ0) is 16.8. The van der Waals surface area contributed by atoms with Gasteiger partial charge in [0, 0.05) is 19.3 Å². The van der Waals surface area contributed by atoms with Crippen molar-refractivity contribution in [3.63, 3.8) is 0 Å². The number of nitrogens with zero attached hydrogens (tertiary/aromatic N) is 3. The number of carbonyl (C=O) groups is 1. The second-order valence-corrected chi connectivity index (χ2v) is 6.28. The number of benzene rings is 1. The fourth-order valence-corrected chi connectivity index (χ4v) is 2.69. The van der Waals surface area contributed by atoms with Crippen molar-refractivity contribution in [1.82, 2.24) is 20.0 Å². The summed E-state index contributed by atoms with van der Waals surface area (Å²) in [6.45, 7) is 3.36. The lowest BCUT2D eigenvalue weighted by Gasteiger charge is -2.24. The van der Waals surface area contributed by atoms with Crippen molar-refractivity contribution in [2.75, 3.05) is 20.6 Å².